The van der Waals surface area contributed by atoms with Gasteiger partial charge in [-0.05, 0) is 6.92 Å². The van der Waals surface area contributed by atoms with E-state index >= 15 is 0 Å². The molecule has 0 bridgehead atoms. The van der Waals surface area contributed by atoms with Gasteiger partial charge in [0.25, 0.3) is 9.05 Å². The van der Waals surface area contributed by atoms with Crippen molar-refractivity contribution in [2.45, 2.75) is 23.2 Å². The highest BCUT2D eigenvalue weighted by atomic mass is 35.7. The summed E-state index contributed by atoms with van der Waals surface area (Å²) in [7, 11) is 0.733. The molecule has 0 aliphatic carbocycles. The largest absolute Gasteiger partial charge is 0.463 e. The maximum atomic E-state index is 12.6. The van der Waals surface area contributed by atoms with Crippen LogP contribution < -0.4 is 5.32 Å². The molecule has 0 saturated heterocycles. The zero-order valence-electron chi connectivity index (χ0n) is 9.26. The standard InChI is InChI=1S/C7H4ClF5N2O3S2/c1-2-3(20(8,17)18)19-5(14-2)15-4(16)6(9,10)7(11,12)13/h1H3,(H,14,15,16). The molecule has 0 saturated carbocycles. The van der Waals surface area contributed by atoms with Gasteiger partial charge in [-0.2, -0.15) is 22.0 Å². The first-order chi connectivity index (χ1) is 8.76. The Bertz CT molecular complexity index is 639. The van der Waals surface area contributed by atoms with Crippen molar-refractivity contribution in [2.24, 2.45) is 0 Å². The quantitative estimate of drug-likeness (QED) is 0.665. The first-order valence-corrected chi connectivity index (χ1v) is 7.57. The molecule has 1 rings (SSSR count). The first-order valence-electron chi connectivity index (χ1n) is 4.45. The molecule has 1 amide bonds. The van der Waals surface area contributed by atoms with Crippen LogP contribution in [0.4, 0.5) is 27.1 Å². The molecule has 20 heavy (non-hydrogen) atoms. The molecule has 0 aliphatic heterocycles. The van der Waals surface area contributed by atoms with Crippen molar-refractivity contribution in [1.82, 2.24) is 4.98 Å². The second kappa shape index (κ2) is 5.07. The summed E-state index contributed by atoms with van der Waals surface area (Å²) in [6.07, 6.45) is -6.08. The van der Waals surface area contributed by atoms with Crippen LogP contribution in [-0.4, -0.2) is 31.4 Å². The van der Waals surface area contributed by atoms with Crippen molar-refractivity contribution >= 4 is 42.1 Å². The van der Waals surface area contributed by atoms with Gasteiger partial charge in [0, 0.05) is 10.7 Å². The monoisotopic (exact) mass is 358 g/mol. The molecule has 5 nitrogen and oxygen atoms in total. The first kappa shape index (κ1) is 17.0. The topological polar surface area (TPSA) is 76.1 Å². The van der Waals surface area contributed by atoms with Gasteiger partial charge in [-0.3, -0.25) is 10.1 Å². The van der Waals surface area contributed by atoms with Crippen molar-refractivity contribution in [1.29, 1.82) is 0 Å². The van der Waals surface area contributed by atoms with Gasteiger partial charge in [-0.1, -0.05) is 11.3 Å². The van der Waals surface area contributed by atoms with Crippen LogP contribution in [0, 0.1) is 6.92 Å². The van der Waals surface area contributed by atoms with E-state index in [1.54, 1.807) is 0 Å². The average molecular weight is 359 g/mol. The Morgan fingerprint density at radius 3 is 2.15 bits per heavy atom. The van der Waals surface area contributed by atoms with Crippen molar-refractivity contribution in [3.8, 4) is 0 Å². The second-order valence-corrected chi connectivity index (χ2v) is 7.12. The van der Waals surface area contributed by atoms with Gasteiger partial charge in [0.1, 0.15) is 0 Å². The minimum atomic E-state index is -6.08. The highest BCUT2D eigenvalue weighted by Crippen LogP contribution is 2.37. The number of carbonyl (C=O) groups is 1. The number of thiazole rings is 1. The maximum absolute atomic E-state index is 12.6. The van der Waals surface area contributed by atoms with E-state index in [-0.39, 0.29) is 17.0 Å². The Labute approximate surface area is 117 Å². The van der Waals surface area contributed by atoms with E-state index in [0.29, 0.717) is 0 Å². The van der Waals surface area contributed by atoms with Gasteiger partial charge in [0.15, 0.2) is 9.34 Å². The number of aryl methyl sites for hydroxylation is 1. The summed E-state index contributed by atoms with van der Waals surface area (Å²) in [4.78, 5) is 14.2. The van der Waals surface area contributed by atoms with Crippen LogP contribution in [0.1, 0.15) is 5.69 Å². The number of anilines is 1. The molecule has 1 aromatic rings. The molecule has 0 aliphatic rings. The number of alkyl halides is 5. The number of amides is 1. The zero-order valence-corrected chi connectivity index (χ0v) is 11.6. The smallest absolute Gasteiger partial charge is 0.296 e. The fourth-order valence-electron chi connectivity index (χ4n) is 0.966. The van der Waals surface area contributed by atoms with Crippen LogP contribution in [0.25, 0.3) is 0 Å². The molecule has 114 valence electrons. The summed E-state index contributed by atoms with van der Waals surface area (Å²) in [5.74, 6) is -8.30. The normalized spacial score (nSPS) is 13.3. The van der Waals surface area contributed by atoms with E-state index in [1.165, 1.54) is 5.32 Å². The second-order valence-electron chi connectivity index (χ2n) is 3.36. The Morgan fingerprint density at radius 2 is 1.80 bits per heavy atom. The van der Waals surface area contributed by atoms with Crippen LogP contribution in [-0.2, 0) is 13.8 Å². The number of nitrogens with zero attached hydrogens (tertiary/aromatic N) is 1. The third-order valence-corrected chi connectivity index (χ3v) is 5.09. The van der Waals surface area contributed by atoms with Gasteiger partial charge in [-0.15, -0.1) is 0 Å². The molecule has 0 radical (unpaired) electrons. The molecule has 0 spiro atoms. The number of aromatic nitrogens is 1. The molecule has 0 unspecified atom stereocenters. The summed E-state index contributed by atoms with van der Waals surface area (Å²) in [6, 6.07) is 0. The SMILES string of the molecule is Cc1nc(NC(=O)C(F)(F)C(F)(F)F)sc1S(=O)(=O)Cl. The minimum absolute atomic E-state index is 0.158. The predicted molar refractivity (Wildman–Crippen MR) is 59.5 cm³/mol. The Hall–Kier alpha value is -1.01. The van der Waals surface area contributed by atoms with E-state index in [2.05, 4.69) is 4.98 Å². The highest BCUT2D eigenvalue weighted by Gasteiger charge is 2.63. The molecule has 1 heterocycles. The molecule has 0 atom stereocenters. The lowest BCUT2D eigenvalue weighted by molar-refractivity contribution is -0.267. The van der Waals surface area contributed by atoms with Crippen LogP contribution in [0.2, 0.25) is 0 Å². The van der Waals surface area contributed by atoms with Gasteiger partial charge < -0.3 is 0 Å². The van der Waals surface area contributed by atoms with Crippen LogP contribution in [0.5, 0.6) is 0 Å². The fraction of sp³-hybridized carbons (Fsp3) is 0.429. The van der Waals surface area contributed by atoms with E-state index in [9.17, 15) is 35.2 Å². The minimum Gasteiger partial charge on any atom is -0.296 e. The summed E-state index contributed by atoms with van der Waals surface area (Å²) < 4.78 is 82.5. The third kappa shape index (κ3) is 3.35. The van der Waals surface area contributed by atoms with Crippen molar-refractivity contribution in [3.05, 3.63) is 5.69 Å². The highest BCUT2D eigenvalue weighted by molar-refractivity contribution is 8.15. The van der Waals surface area contributed by atoms with Crippen LogP contribution >= 0.6 is 22.0 Å². The van der Waals surface area contributed by atoms with E-state index < -0.39 is 36.4 Å². The molecule has 1 aromatic heterocycles. The predicted octanol–water partition coefficient (Wildman–Crippen LogP) is 2.52. The van der Waals surface area contributed by atoms with Crippen molar-refractivity contribution < 1.29 is 35.2 Å². The van der Waals surface area contributed by atoms with E-state index in [1.807, 2.05) is 0 Å². The molecule has 1 N–H and O–H groups in total. The number of halogens is 6. The number of rotatable bonds is 3. The summed E-state index contributed by atoms with van der Waals surface area (Å²) in [6.45, 7) is 1.13. The summed E-state index contributed by atoms with van der Waals surface area (Å²) in [5, 5.41) is 0.457. The maximum Gasteiger partial charge on any atom is 0.463 e. The molecular formula is C7H4ClF5N2O3S2. The van der Waals surface area contributed by atoms with E-state index in [4.69, 9.17) is 10.7 Å². The lowest BCUT2D eigenvalue weighted by Crippen LogP contribution is -2.47. The van der Waals surface area contributed by atoms with Crippen LogP contribution in [0.3, 0.4) is 0 Å². The third-order valence-electron chi connectivity index (χ3n) is 1.84. The van der Waals surface area contributed by atoms with E-state index in [0.717, 1.165) is 6.92 Å². The van der Waals surface area contributed by atoms with Crippen molar-refractivity contribution in [2.75, 3.05) is 5.32 Å². The van der Waals surface area contributed by atoms with Gasteiger partial charge in [0.05, 0.1) is 5.69 Å². The van der Waals surface area contributed by atoms with Gasteiger partial charge in [0.2, 0.25) is 0 Å². The van der Waals surface area contributed by atoms with Gasteiger partial charge >= 0.3 is 18.0 Å². The average Bonchev–Trinajstić information content (AvgIpc) is 2.57. The zero-order chi connectivity index (χ0) is 15.9. The Kier molecular flexibility index (Phi) is 4.32. The lowest BCUT2D eigenvalue weighted by Gasteiger charge is -2.17. The summed E-state index contributed by atoms with van der Waals surface area (Å²) in [5.41, 5.74) is -0.240. The number of nitrogens with one attached hydrogen (secondary N) is 1. The Morgan fingerprint density at radius 1 is 1.30 bits per heavy atom. The van der Waals surface area contributed by atoms with Gasteiger partial charge in [-0.25, -0.2) is 13.4 Å². The van der Waals surface area contributed by atoms with Crippen LogP contribution in [0.15, 0.2) is 4.21 Å². The fourth-order valence-corrected chi connectivity index (χ4v) is 3.31. The molecular weight excluding hydrogens is 355 g/mol. The number of hydrogen-bond acceptors (Lipinski definition) is 5. The number of hydrogen-bond donors (Lipinski definition) is 1. The molecule has 0 aromatic carbocycles. The molecule has 0 fully saturated rings. The lowest BCUT2D eigenvalue weighted by atomic mass is 10.3. The number of carbonyl (C=O) groups excluding carboxylic acids is 1. The summed E-state index contributed by atoms with van der Waals surface area (Å²) >= 11 is 0.158. The molecule has 13 heteroatoms. The Balaban J connectivity index is 3.05. The van der Waals surface area contributed by atoms with Crippen molar-refractivity contribution in [3.63, 3.8) is 0 Å².